The van der Waals surface area contributed by atoms with Gasteiger partial charge in [0.05, 0.1) is 12.1 Å². The fourth-order valence-electron chi connectivity index (χ4n) is 2.88. The normalized spacial score (nSPS) is 29.2. The Balaban J connectivity index is 1.51. The van der Waals surface area contributed by atoms with Gasteiger partial charge in [-0.25, -0.2) is 0 Å². The van der Waals surface area contributed by atoms with E-state index in [2.05, 4.69) is 22.8 Å². The Hall–Kier alpha value is -1.39. The van der Waals surface area contributed by atoms with Gasteiger partial charge in [-0.2, -0.15) is 0 Å². The number of hydrogen-bond acceptors (Lipinski definition) is 3. The van der Waals surface area contributed by atoms with E-state index in [0.717, 1.165) is 25.8 Å². The second-order valence-corrected chi connectivity index (χ2v) is 5.64. The third-order valence-electron chi connectivity index (χ3n) is 4.17. The van der Waals surface area contributed by atoms with Crippen LogP contribution in [0.2, 0.25) is 0 Å². The molecule has 0 bridgehead atoms. The van der Waals surface area contributed by atoms with E-state index in [4.69, 9.17) is 0 Å². The van der Waals surface area contributed by atoms with Crippen molar-refractivity contribution in [1.29, 1.82) is 0 Å². The molecule has 1 aromatic carbocycles. The molecule has 1 fully saturated rings. The number of hydrogen-bond donors (Lipinski definition) is 3. The Morgan fingerprint density at radius 3 is 2.79 bits per heavy atom. The first kappa shape index (κ1) is 12.6. The topological polar surface area (TPSA) is 61.4 Å². The maximum Gasteiger partial charge on any atom is 0.237 e. The number of aliphatic hydroxyl groups is 1. The molecule has 1 aliphatic carbocycles. The minimum Gasteiger partial charge on any atom is -0.393 e. The summed E-state index contributed by atoms with van der Waals surface area (Å²) >= 11 is 0. The highest BCUT2D eigenvalue weighted by molar-refractivity contribution is 5.82. The average Bonchev–Trinajstić information content (AvgIpc) is 2.41. The number of carbonyl (C=O) groups excluding carboxylic acids is 1. The van der Waals surface area contributed by atoms with Crippen LogP contribution in [0.3, 0.4) is 0 Å². The number of nitrogens with one attached hydrogen (secondary N) is 2. The summed E-state index contributed by atoms with van der Waals surface area (Å²) in [6, 6.07) is 8.13. The predicted molar refractivity (Wildman–Crippen MR) is 72.5 cm³/mol. The van der Waals surface area contributed by atoms with Crippen molar-refractivity contribution in [1.82, 2.24) is 10.6 Å². The Morgan fingerprint density at radius 1 is 1.32 bits per heavy atom. The lowest BCUT2D eigenvalue weighted by Gasteiger charge is -2.32. The molecule has 1 heterocycles. The van der Waals surface area contributed by atoms with Gasteiger partial charge in [0, 0.05) is 13.1 Å². The van der Waals surface area contributed by atoms with E-state index in [9.17, 15) is 9.90 Å². The molecule has 0 spiro atoms. The number of carbonyl (C=O) groups is 1. The summed E-state index contributed by atoms with van der Waals surface area (Å²) in [5.74, 6) is 0.533. The molecule has 0 radical (unpaired) electrons. The monoisotopic (exact) mass is 260 g/mol. The largest absolute Gasteiger partial charge is 0.393 e. The van der Waals surface area contributed by atoms with Crippen LogP contribution < -0.4 is 10.6 Å². The van der Waals surface area contributed by atoms with Crippen LogP contribution in [0.1, 0.15) is 24.0 Å². The molecule has 4 nitrogen and oxygen atoms in total. The number of rotatable bonds is 3. The van der Waals surface area contributed by atoms with Crippen molar-refractivity contribution < 1.29 is 9.90 Å². The summed E-state index contributed by atoms with van der Waals surface area (Å²) < 4.78 is 0. The van der Waals surface area contributed by atoms with Gasteiger partial charge < -0.3 is 15.7 Å². The van der Waals surface area contributed by atoms with Gasteiger partial charge >= 0.3 is 0 Å². The number of fused-ring (bicyclic) bond motifs is 1. The molecule has 1 aliphatic heterocycles. The lowest BCUT2D eigenvalue weighted by Crippen LogP contribution is -2.49. The molecule has 0 unspecified atom stereocenters. The van der Waals surface area contributed by atoms with Crippen LogP contribution in [-0.4, -0.2) is 29.7 Å². The van der Waals surface area contributed by atoms with Gasteiger partial charge in [-0.1, -0.05) is 24.3 Å². The van der Waals surface area contributed by atoms with E-state index in [0.29, 0.717) is 12.5 Å². The average molecular weight is 260 g/mol. The van der Waals surface area contributed by atoms with Crippen molar-refractivity contribution in [2.75, 3.05) is 6.54 Å². The number of amides is 1. The Bertz CT molecular complexity index is 469. The molecule has 3 N–H and O–H groups in total. The molecule has 102 valence electrons. The third kappa shape index (κ3) is 2.80. The molecule has 4 heteroatoms. The maximum atomic E-state index is 12.1. The molecule has 1 atom stereocenters. The molecule has 0 aromatic heterocycles. The zero-order chi connectivity index (χ0) is 13.2. The van der Waals surface area contributed by atoms with Gasteiger partial charge in [0.1, 0.15) is 0 Å². The fraction of sp³-hybridized carbons (Fsp3) is 0.533. The minimum absolute atomic E-state index is 0.0795. The fourth-order valence-corrected chi connectivity index (χ4v) is 2.88. The van der Waals surface area contributed by atoms with Gasteiger partial charge in [-0.15, -0.1) is 0 Å². The van der Waals surface area contributed by atoms with E-state index in [-0.39, 0.29) is 18.1 Å². The van der Waals surface area contributed by atoms with Crippen molar-refractivity contribution in [3.63, 3.8) is 0 Å². The van der Waals surface area contributed by atoms with E-state index >= 15 is 0 Å². The SMILES string of the molecule is O=C(NCC1CC(O)C1)[C@H]1Cc2ccccc2CN1. The van der Waals surface area contributed by atoms with Crippen LogP contribution in [0, 0.1) is 5.92 Å². The van der Waals surface area contributed by atoms with Crippen LogP contribution in [0.25, 0.3) is 0 Å². The molecule has 3 rings (SSSR count). The second kappa shape index (κ2) is 5.31. The van der Waals surface area contributed by atoms with E-state index in [1.54, 1.807) is 0 Å². The molecular formula is C15H20N2O2. The van der Waals surface area contributed by atoms with Crippen molar-refractivity contribution >= 4 is 5.91 Å². The first-order chi connectivity index (χ1) is 9.22. The molecule has 1 saturated carbocycles. The molecule has 0 saturated heterocycles. The van der Waals surface area contributed by atoms with E-state index in [1.165, 1.54) is 11.1 Å². The van der Waals surface area contributed by atoms with Crippen molar-refractivity contribution in [3.05, 3.63) is 35.4 Å². The Morgan fingerprint density at radius 2 is 2.05 bits per heavy atom. The zero-order valence-corrected chi connectivity index (χ0v) is 10.9. The van der Waals surface area contributed by atoms with Gasteiger partial charge in [0.25, 0.3) is 0 Å². The molecule has 2 aliphatic rings. The zero-order valence-electron chi connectivity index (χ0n) is 10.9. The summed E-state index contributed by atoms with van der Waals surface area (Å²) in [4.78, 5) is 12.1. The van der Waals surface area contributed by atoms with Crippen LogP contribution in [0.4, 0.5) is 0 Å². The van der Waals surface area contributed by atoms with Crippen molar-refractivity contribution in [3.8, 4) is 0 Å². The first-order valence-electron chi connectivity index (χ1n) is 6.98. The highest BCUT2D eigenvalue weighted by Crippen LogP contribution is 2.26. The van der Waals surface area contributed by atoms with Crippen LogP contribution >= 0.6 is 0 Å². The van der Waals surface area contributed by atoms with Crippen LogP contribution in [0.15, 0.2) is 24.3 Å². The number of benzene rings is 1. The predicted octanol–water partition coefficient (Wildman–Crippen LogP) is 0.588. The summed E-state index contributed by atoms with van der Waals surface area (Å²) in [7, 11) is 0. The van der Waals surface area contributed by atoms with E-state index in [1.807, 2.05) is 12.1 Å². The lowest BCUT2D eigenvalue weighted by molar-refractivity contribution is -0.123. The van der Waals surface area contributed by atoms with Crippen LogP contribution in [-0.2, 0) is 17.8 Å². The first-order valence-corrected chi connectivity index (χ1v) is 6.98. The van der Waals surface area contributed by atoms with Gasteiger partial charge in [0.15, 0.2) is 0 Å². The number of aliphatic hydroxyl groups excluding tert-OH is 1. The highest BCUT2D eigenvalue weighted by Gasteiger charge is 2.29. The summed E-state index contributed by atoms with van der Waals surface area (Å²) in [5.41, 5.74) is 2.55. The standard InChI is InChI=1S/C15H20N2O2/c18-13-5-10(6-13)8-17-15(19)14-7-11-3-1-2-4-12(11)9-16-14/h1-4,10,13-14,16,18H,5-9H2,(H,17,19)/t10?,13?,14-/m1/s1. The lowest BCUT2D eigenvalue weighted by atomic mass is 9.82. The van der Waals surface area contributed by atoms with Gasteiger partial charge in [-0.3, -0.25) is 4.79 Å². The summed E-state index contributed by atoms with van der Waals surface area (Å²) in [5, 5.41) is 15.5. The Kier molecular flexibility index (Phi) is 3.53. The minimum atomic E-state index is -0.151. The maximum absolute atomic E-state index is 12.1. The second-order valence-electron chi connectivity index (χ2n) is 5.64. The van der Waals surface area contributed by atoms with Gasteiger partial charge in [0.2, 0.25) is 5.91 Å². The quantitative estimate of drug-likeness (QED) is 0.745. The summed E-state index contributed by atoms with van der Waals surface area (Å²) in [6.07, 6.45) is 2.25. The van der Waals surface area contributed by atoms with E-state index < -0.39 is 0 Å². The third-order valence-corrected chi connectivity index (χ3v) is 4.17. The van der Waals surface area contributed by atoms with Crippen molar-refractivity contribution in [2.24, 2.45) is 5.92 Å². The van der Waals surface area contributed by atoms with Crippen molar-refractivity contribution in [2.45, 2.75) is 38.0 Å². The molecule has 1 aromatic rings. The highest BCUT2D eigenvalue weighted by atomic mass is 16.3. The van der Waals surface area contributed by atoms with Gasteiger partial charge in [-0.05, 0) is 36.3 Å². The molecular weight excluding hydrogens is 240 g/mol. The van der Waals surface area contributed by atoms with Crippen LogP contribution in [0.5, 0.6) is 0 Å². The Labute approximate surface area is 113 Å². The molecule has 19 heavy (non-hydrogen) atoms. The summed E-state index contributed by atoms with van der Waals surface area (Å²) in [6.45, 7) is 1.45. The molecule has 1 amide bonds. The smallest absolute Gasteiger partial charge is 0.237 e.